The van der Waals surface area contributed by atoms with E-state index in [0.717, 1.165) is 22.3 Å². The lowest BCUT2D eigenvalue weighted by Crippen LogP contribution is -2.17. The average Bonchev–Trinajstić information content (AvgIpc) is 2.74. The third kappa shape index (κ3) is 3.22. The molecule has 1 unspecified atom stereocenters. The molecule has 0 radical (unpaired) electrons. The van der Waals surface area contributed by atoms with Crippen molar-refractivity contribution in [3.05, 3.63) is 51.5 Å². The van der Waals surface area contributed by atoms with Gasteiger partial charge in [-0.15, -0.1) is 0 Å². The molecule has 0 bridgehead atoms. The van der Waals surface area contributed by atoms with Gasteiger partial charge in [0.25, 0.3) is 0 Å². The van der Waals surface area contributed by atoms with Gasteiger partial charge in [0.05, 0.1) is 17.4 Å². The summed E-state index contributed by atoms with van der Waals surface area (Å²) in [7, 11) is 1.87. The minimum Gasteiger partial charge on any atom is -0.322 e. The predicted molar refractivity (Wildman–Crippen MR) is 77.3 cm³/mol. The molecule has 0 saturated carbocycles. The fraction of sp³-hybridized carbons (Fsp3) is 0.357. The zero-order valence-electron chi connectivity index (χ0n) is 11.0. The molecule has 2 aromatic rings. The van der Waals surface area contributed by atoms with Crippen molar-refractivity contribution in [2.75, 3.05) is 0 Å². The molecule has 2 rings (SSSR count). The van der Waals surface area contributed by atoms with Crippen molar-refractivity contribution in [2.24, 2.45) is 12.8 Å². The number of hydrogen-bond donors (Lipinski definition) is 1. The van der Waals surface area contributed by atoms with Crippen molar-refractivity contribution in [3.63, 3.8) is 0 Å². The van der Waals surface area contributed by atoms with Crippen LogP contribution >= 0.6 is 15.9 Å². The van der Waals surface area contributed by atoms with Crippen molar-refractivity contribution in [2.45, 2.75) is 25.8 Å². The summed E-state index contributed by atoms with van der Waals surface area (Å²) < 4.78 is 16.3. The van der Waals surface area contributed by atoms with Gasteiger partial charge in [0.15, 0.2) is 0 Å². The first-order chi connectivity index (χ1) is 9.01. The number of benzene rings is 1. The van der Waals surface area contributed by atoms with Crippen LogP contribution in [-0.2, 0) is 19.9 Å². The van der Waals surface area contributed by atoms with Crippen molar-refractivity contribution in [1.29, 1.82) is 0 Å². The van der Waals surface area contributed by atoms with Crippen LogP contribution in [0, 0.1) is 5.82 Å². The van der Waals surface area contributed by atoms with Crippen LogP contribution in [0.15, 0.2) is 28.7 Å². The van der Waals surface area contributed by atoms with E-state index < -0.39 is 0 Å². The van der Waals surface area contributed by atoms with Crippen molar-refractivity contribution >= 4 is 15.9 Å². The molecule has 0 aliphatic heterocycles. The van der Waals surface area contributed by atoms with Gasteiger partial charge >= 0.3 is 0 Å². The highest BCUT2D eigenvalue weighted by Gasteiger charge is 2.15. The van der Waals surface area contributed by atoms with Gasteiger partial charge in [-0.1, -0.05) is 28.9 Å². The first-order valence-electron chi connectivity index (χ1n) is 6.23. The summed E-state index contributed by atoms with van der Waals surface area (Å²) in [6.45, 7) is 2.05. The Bertz CT molecular complexity index is 580. The number of aryl methyl sites for hydroxylation is 2. The second kappa shape index (κ2) is 5.84. The highest BCUT2D eigenvalue weighted by Crippen LogP contribution is 2.21. The molecular weight excluding hydrogens is 309 g/mol. The molecular formula is C14H17BrFN3. The molecule has 0 aliphatic rings. The Hall–Kier alpha value is -1.20. The number of hydrogen-bond acceptors (Lipinski definition) is 2. The maximum absolute atomic E-state index is 13.8. The van der Waals surface area contributed by atoms with Crippen LogP contribution in [0.5, 0.6) is 0 Å². The van der Waals surface area contributed by atoms with E-state index in [2.05, 4.69) is 21.0 Å². The third-order valence-electron chi connectivity index (χ3n) is 3.16. The van der Waals surface area contributed by atoms with Gasteiger partial charge in [-0.05, 0) is 36.6 Å². The van der Waals surface area contributed by atoms with Crippen molar-refractivity contribution in [3.8, 4) is 0 Å². The summed E-state index contributed by atoms with van der Waals surface area (Å²) in [6, 6.07) is 6.78. The Morgan fingerprint density at radius 3 is 2.74 bits per heavy atom. The van der Waals surface area contributed by atoms with E-state index in [9.17, 15) is 4.39 Å². The minimum atomic E-state index is -0.256. The van der Waals surface area contributed by atoms with Gasteiger partial charge in [-0.25, -0.2) is 4.39 Å². The molecule has 2 N–H and O–H groups in total. The van der Waals surface area contributed by atoms with E-state index in [1.807, 2.05) is 26.1 Å². The van der Waals surface area contributed by atoms with E-state index in [-0.39, 0.29) is 11.9 Å². The number of aromatic nitrogens is 2. The Balaban J connectivity index is 2.20. The standard InChI is InChI=1S/C14H17BrFN3/c1-3-11-8-14(19(2)18-11)13(17)6-9-4-5-10(15)7-12(9)16/h4-5,7-8,13H,3,6,17H2,1-2H3. The van der Waals surface area contributed by atoms with E-state index in [1.54, 1.807) is 10.7 Å². The lowest BCUT2D eigenvalue weighted by Gasteiger charge is -2.12. The number of halogens is 2. The van der Waals surface area contributed by atoms with Crippen molar-refractivity contribution < 1.29 is 4.39 Å². The number of rotatable bonds is 4. The lowest BCUT2D eigenvalue weighted by molar-refractivity contribution is 0.572. The van der Waals surface area contributed by atoms with Gasteiger partial charge in [-0.2, -0.15) is 5.10 Å². The third-order valence-corrected chi connectivity index (χ3v) is 3.66. The number of nitrogens with zero attached hydrogens (tertiary/aromatic N) is 2. The average molecular weight is 326 g/mol. The molecule has 5 heteroatoms. The smallest absolute Gasteiger partial charge is 0.127 e. The van der Waals surface area contributed by atoms with Gasteiger partial charge in [-0.3, -0.25) is 4.68 Å². The Morgan fingerprint density at radius 2 is 2.16 bits per heavy atom. The topological polar surface area (TPSA) is 43.8 Å². The highest BCUT2D eigenvalue weighted by molar-refractivity contribution is 9.10. The number of nitrogens with two attached hydrogens (primary N) is 1. The predicted octanol–water partition coefficient (Wildman–Crippen LogP) is 3.13. The molecule has 19 heavy (non-hydrogen) atoms. The summed E-state index contributed by atoms with van der Waals surface area (Å²) in [4.78, 5) is 0. The molecule has 0 aliphatic carbocycles. The molecule has 1 heterocycles. The summed E-state index contributed by atoms with van der Waals surface area (Å²) >= 11 is 3.25. The first-order valence-corrected chi connectivity index (χ1v) is 7.03. The molecule has 3 nitrogen and oxygen atoms in total. The molecule has 102 valence electrons. The summed E-state index contributed by atoms with van der Waals surface area (Å²) in [5, 5.41) is 4.36. The Kier molecular flexibility index (Phi) is 4.37. The Morgan fingerprint density at radius 1 is 1.42 bits per heavy atom. The molecule has 0 amide bonds. The second-order valence-electron chi connectivity index (χ2n) is 4.58. The molecule has 1 aromatic carbocycles. The van der Waals surface area contributed by atoms with E-state index in [1.165, 1.54) is 6.07 Å². The van der Waals surface area contributed by atoms with Crippen LogP contribution in [-0.4, -0.2) is 9.78 Å². The SMILES string of the molecule is CCc1cc(C(N)Cc2ccc(Br)cc2F)n(C)n1. The fourth-order valence-corrected chi connectivity index (χ4v) is 2.43. The maximum Gasteiger partial charge on any atom is 0.127 e. The monoisotopic (exact) mass is 325 g/mol. The van der Waals surface area contributed by atoms with Crippen LogP contribution in [0.2, 0.25) is 0 Å². The summed E-state index contributed by atoms with van der Waals surface area (Å²) in [5.74, 6) is -0.234. The fourth-order valence-electron chi connectivity index (χ4n) is 2.09. The zero-order chi connectivity index (χ0) is 14.0. The maximum atomic E-state index is 13.8. The van der Waals surface area contributed by atoms with Gasteiger partial charge in [0.1, 0.15) is 5.82 Å². The van der Waals surface area contributed by atoms with Gasteiger partial charge in [0.2, 0.25) is 0 Å². The normalized spacial score (nSPS) is 12.7. The van der Waals surface area contributed by atoms with Crippen LogP contribution < -0.4 is 5.73 Å². The second-order valence-corrected chi connectivity index (χ2v) is 5.50. The molecule has 0 spiro atoms. The van der Waals surface area contributed by atoms with Gasteiger partial charge in [0, 0.05) is 11.5 Å². The Labute approximate surface area is 120 Å². The summed E-state index contributed by atoms with van der Waals surface area (Å²) in [6.07, 6.45) is 1.33. The summed E-state index contributed by atoms with van der Waals surface area (Å²) in [5.41, 5.74) is 8.72. The van der Waals surface area contributed by atoms with Crippen molar-refractivity contribution in [1.82, 2.24) is 9.78 Å². The first kappa shape index (κ1) is 14.2. The van der Waals surface area contributed by atoms with E-state index in [0.29, 0.717) is 12.0 Å². The quantitative estimate of drug-likeness (QED) is 0.938. The zero-order valence-corrected chi connectivity index (χ0v) is 12.6. The van der Waals surface area contributed by atoms with E-state index >= 15 is 0 Å². The molecule has 0 saturated heterocycles. The largest absolute Gasteiger partial charge is 0.322 e. The van der Waals surface area contributed by atoms with Crippen LogP contribution in [0.4, 0.5) is 4.39 Å². The van der Waals surface area contributed by atoms with Crippen LogP contribution in [0.3, 0.4) is 0 Å². The molecule has 1 atom stereocenters. The van der Waals surface area contributed by atoms with Crippen LogP contribution in [0.25, 0.3) is 0 Å². The van der Waals surface area contributed by atoms with Gasteiger partial charge < -0.3 is 5.73 Å². The van der Waals surface area contributed by atoms with E-state index in [4.69, 9.17) is 5.73 Å². The minimum absolute atomic E-state index is 0.234. The lowest BCUT2D eigenvalue weighted by atomic mass is 10.0. The highest BCUT2D eigenvalue weighted by atomic mass is 79.9. The molecule has 1 aromatic heterocycles. The van der Waals surface area contributed by atoms with Crippen LogP contribution in [0.1, 0.15) is 29.9 Å². The molecule has 0 fully saturated rings.